The van der Waals surface area contributed by atoms with Gasteiger partial charge < -0.3 is 29.6 Å². The van der Waals surface area contributed by atoms with E-state index in [9.17, 15) is 24.2 Å². The van der Waals surface area contributed by atoms with Gasteiger partial charge in [0.05, 0.1) is 23.3 Å². The average Bonchev–Trinajstić information content (AvgIpc) is 3.33. The number of aliphatic hydroxyl groups excluding tert-OH is 1. The van der Waals surface area contributed by atoms with Crippen LogP contribution in [0.3, 0.4) is 0 Å². The number of oxazole rings is 1. The van der Waals surface area contributed by atoms with Gasteiger partial charge in [0.15, 0.2) is 0 Å². The number of benzene rings is 1. The average molecular weight is 452 g/mol. The van der Waals surface area contributed by atoms with Crippen molar-refractivity contribution in [2.24, 2.45) is 0 Å². The number of amides is 2. The van der Waals surface area contributed by atoms with E-state index in [0.29, 0.717) is 30.5 Å². The molecule has 0 spiro atoms. The number of carboxylic acid groups (broad SMARTS) is 1. The number of nitrogens with one attached hydrogen (secondary N) is 1. The van der Waals surface area contributed by atoms with Crippen LogP contribution in [0.2, 0.25) is 0 Å². The van der Waals surface area contributed by atoms with Crippen LogP contribution >= 0.6 is 0 Å². The van der Waals surface area contributed by atoms with Crippen molar-refractivity contribution < 1.29 is 80.0 Å². The van der Waals surface area contributed by atoms with Crippen LogP contribution in [-0.2, 0) is 6.42 Å². The number of carbonyl (C=O) groups excluding carboxylic acids is 2. The predicted molar refractivity (Wildman–Crippen MR) is 102 cm³/mol. The number of anilines is 1. The van der Waals surface area contributed by atoms with Crippen LogP contribution < -0.4 is 61.8 Å². The van der Waals surface area contributed by atoms with Crippen molar-refractivity contribution in [3.8, 4) is 11.5 Å². The third-order valence-corrected chi connectivity index (χ3v) is 4.94. The number of rotatable bonds is 4. The fraction of sp³-hybridized carbons (Fsp3) is 0.300. The molecular weight excluding hydrogens is 434 g/mol. The first-order valence-electron chi connectivity index (χ1n) is 9.41. The first-order chi connectivity index (χ1) is 14.4. The third-order valence-electron chi connectivity index (χ3n) is 4.94. The maximum absolute atomic E-state index is 14.7. The van der Waals surface area contributed by atoms with E-state index in [4.69, 9.17) is 4.42 Å². The SMILES string of the molecule is CCc1cc(C(=O)[O-])nc2oc(-c3ccc(NC(=O)N4CC[C@@H](O)C4)cc3F)nc12.[K+]. The number of aliphatic hydroxyl groups is 1. The Hall–Kier alpha value is -1.89. The zero-order valence-corrected chi connectivity index (χ0v) is 20.1. The third kappa shape index (κ3) is 4.97. The molecule has 2 amide bonds. The van der Waals surface area contributed by atoms with E-state index in [1.54, 1.807) is 0 Å². The minimum atomic E-state index is -1.44. The zero-order chi connectivity index (χ0) is 21.4. The molecule has 1 atom stereocenters. The first-order valence-corrected chi connectivity index (χ1v) is 9.41. The molecule has 156 valence electrons. The predicted octanol–water partition coefficient (Wildman–Crippen LogP) is -1.44. The van der Waals surface area contributed by atoms with Gasteiger partial charge in [-0.1, -0.05) is 6.92 Å². The molecule has 0 radical (unpaired) electrons. The summed E-state index contributed by atoms with van der Waals surface area (Å²) in [6.45, 7) is 2.48. The number of aryl methyl sites for hydroxylation is 1. The monoisotopic (exact) mass is 452 g/mol. The van der Waals surface area contributed by atoms with Gasteiger partial charge in [-0.2, -0.15) is 0 Å². The molecule has 3 aromatic rings. The smallest absolute Gasteiger partial charge is 0.543 e. The Morgan fingerprint density at radius 3 is 2.74 bits per heavy atom. The van der Waals surface area contributed by atoms with E-state index in [0.717, 1.165) is 6.07 Å². The second-order valence-corrected chi connectivity index (χ2v) is 6.99. The van der Waals surface area contributed by atoms with E-state index in [1.165, 1.54) is 23.1 Å². The summed E-state index contributed by atoms with van der Waals surface area (Å²) in [5.41, 5.74) is 0.915. The molecule has 0 saturated carbocycles. The number of aromatic nitrogens is 2. The molecule has 1 aliphatic rings. The Labute approximate surface area is 219 Å². The van der Waals surface area contributed by atoms with E-state index in [1.807, 2.05) is 6.92 Å². The number of hydrogen-bond acceptors (Lipinski definition) is 7. The van der Waals surface area contributed by atoms with Crippen molar-refractivity contribution in [3.05, 3.63) is 41.3 Å². The summed E-state index contributed by atoms with van der Waals surface area (Å²) >= 11 is 0. The van der Waals surface area contributed by atoms with Crippen molar-refractivity contribution in [2.75, 3.05) is 18.4 Å². The Balaban J connectivity index is 0.00000272. The molecule has 0 bridgehead atoms. The number of carboxylic acids is 1. The Morgan fingerprint density at radius 2 is 2.13 bits per heavy atom. The molecule has 9 nitrogen and oxygen atoms in total. The summed E-state index contributed by atoms with van der Waals surface area (Å²) in [6, 6.07) is 4.97. The normalized spacial score (nSPS) is 15.7. The second-order valence-electron chi connectivity index (χ2n) is 6.99. The Bertz CT molecular complexity index is 1150. The summed E-state index contributed by atoms with van der Waals surface area (Å²) < 4.78 is 20.2. The zero-order valence-electron chi connectivity index (χ0n) is 17.0. The molecule has 1 fully saturated rings. The summed E-state index contributed by atoms with van der Waals surface area (Å²) in [6.07, 6.45) is 0.434. The van der Waals surface area contributed by atoms with Crippen LogP contribution in [0, 0.1) is 5.82 Å². The first kappa shape index (κ1) is 23.8. The Kier molecular flexibility index (Phi) is 7.45. The molecule has 2 N–H and O–H groups in total. The van der Waals surface area contributed by atoms with Gasteiger partial charge in [-0.05, 0) is 42.7 Å². The van der Waals surface area contributed by atoms with Gasteiger partial charge in [0.1, 0.15) is 11.3 Å². The minimum Gasteiger partial charge on any atom is -0.543 e. The number of nitrogens with zero attached hydrogens (tertiary/aromatic N) is 3. The fourth-order valence-electron chi connectivity index (χ4n) is 3.36. The minimum absolute atomic E-state index is 0. The van der Waals surface area contributed by atoms with Crippen LogP contribution in [0.1, 0.15) is 29.4 Å². The molecule has 3 heterocycles. The van der Waals surface area contributed by atoms with Crippen LogP contribution in [0.15, 0.2) is 28.7 Å². The molecule has 2 aromatic heterocycles. The van der Waals surface area contributed by atoms with Gasteiger partial charge in [0.2, 0.25) is 11.6 Å². The number of aromatic carboxylic acids is 1. The number of hydrogen-bond donors (Lipinski definition) is 2. The molecular formula is C20H18FKN4O5. The topological polar surface area (TPSA) is 132 Å². The van der Waals surface area contributed by atoms with Crippen molar-refractivity contribution in [1.29, 1.82) is 0 Å². The maximum atomic E-state index is 14.7. The van der Waals surface area contributed by atoms with E-state index in [2.05, 4.69) is 15.3 Å². The largest absolute Gasteiger partial charge is 1.00 e. The van der Waals surface area contributed by atoms with E-state index >= 15 is 0 Å². The standard InChI is InChI=1S/C20H19FN4O5.K/c1-2-10-7-15(19(27)28)23-18-16(10)24-17(30-18)13-4-3-11(8-14(13)21)22-20(29)25-6-5-12(26)9-25;/h3-4,7-8,12,26H,2,5-6,9H2,1H3,(H,22,29)(H,27,28);/q;+1/p-1/t12-;/m1./s1. The summed E-state index contributed by atoms with van der Waals surface area (Å²) in [7, 11) is 0. The van der Waals surface area contributed by atoms with Crippen LogP contribution in [-0.4, -0.2) is 51.2 Å². The van der Waals surface area contributed by atoms with Crippen molar-refractivity contribution in [3.63, 3.8) is 0 Å². The van der Waals surface area contributed by atoms with Gasteiger partial charge in [0, 0.05) is 18.8 Å². The van der Waals surface area contributed by atoms with Crippen LogP contribution in [0.5, 0.6) is 0 Å². The summed E-state index contributed by atoms with van der Waals surface area (Å²) in [5, 5.41) is 23.2. The molecule has 0 unspecified atom stereocenters. The summed E-state index contributed by atoms with van der Waals surface area (Å²) in [5.74, 6) is -2.18. The molecule has 1 saturated heterocycles. The van der Waals surface area contributed by atoms with Gasteiger partial charge >= 0.3 is 57.4 Å². The molecule has 4 rings (SSSR count). The number of likely N-dealkylation sites (tertiary alicyclic amines) is 1. The van der Waals surface area contributed by atoms with Gasteiger partial charge in [-0.15, -0.1) is 0 Å². The molecule has 0 aliphatic carbocycles. The van der Waals surface area contributed by atoms with Crippen LogP contribution in [0.4, 0.5) is 14.9 Å². The number of β-amino-alcohol motifs (C(OH)–C–C–N with tert-alkyl or cyclic N) is 1. The molecule has 31 heavy (non-hydrogen) atoms. The van der Waals surface area contributed by atoms with Crippen molar-refractivity contribution >= 4 is 28.9 Å². The number of halogens is 1. The van der Waals surface area contributed by atoms with Crippen molar-refractivity contribution in [2.45, 2.75) is 25.9 Å². The van der Waals surface area contributed by atoms with Gasteiger partial charge in [-0.3, -0.25) is 0 Å². The van der Waals surface area contributed by atoms with Gasteiger partial charge in [-0.25, -0.2) is 19.2 Å². The summed E-state index contributed by atoms with van der Waals surface area (Å²) in [4.78, 5) is 32.9. The van der Waals surface area contributed by atoms with Gasteiger partial charge in [0.25, 0.3) is 0 Å². The Morgan fingerprint density at radius 1 is 1.35 bits per heavy atom. The van der Waals surface area contributed by atoms with E-state index in [-0.39, 0.29) is 86.5 Å². The number of urea groups is 1. The quantitative estimate of drug-likeness (QED) is 0.463. The maximum Gasteiger partial charge on any atom is 1.00 e. The van der Waals surface area contributed by atoms with Crippen molar-refractivity contribution in [1.82, 2.24) is 14.9 Å². The molecule has 1 aliphatic heterocycles. The molecule has 11 heteroatoms. The van der Waals surface area contributed by atoms with Crippen LogP contribution in [0.25, 0.3) is 22.7 Å². The fourth-order valence-corrected chi connectivity index (χ4v) is 3.36. The molecule has 1 aromatic carbocycles. The van der Waals surface area contributed by atoms with E-state index < -0.39 is 23.9 Å². The number of pyridine rings is 1. The number of fused-ring (bicyclic) bond motifs is 1. The number of carbonyl (C=O) groups is 2. The second kappa shape index (κ2) is 9.71.